The van der Waals surface area contributed by atoms with Crippen molar-refractivity contribution in [2.24, 2.45) is 5.73 Å². The molecule has 1 aliphatic rings. The molecule has 0 unspecified atom stereocenters. The largest absolute Gasteiger partial charge is 0.417 e. The van der Waals surface area contributed by atoms with Crippen molar-refractivity contribution in [2.75, 3.05) is 13.1 Å². The highest BCUT2D eigenvalue weighted by atomic mass is 16.6. The van der Waals surface area contributed by atoms with E-state index in [1.54, 1.807) is 0 Å². The van der Waals surface area contributed by atoms with Crippen molar-refractivity contribution < 1.29 is 14.3 Å². The topological polar surface area (TPSA) is 88.4 Å². The number of nitrogens with two attached hydrogens (primary N) is 1. The van der Waals surface area contributed by atoms with Gasteiger partial charge in [0.05, 0.1) is 0 Å². The molecule has 21 heavy (non-hydrogen) atoms. The molecule has 1 aromatic carbocycles. The monoisotopic (exact) mass is 287 g/mol. The molecule has 1 fully saturated rings. The summed E-state index contributed by atoms with van der Waals surface area (Å²) < 4.78 is 4.79. The number of aromatic nitrogens is 1. The Morgan fingerprint density at radius 3 is 2.81 bits per heavy atom. The summed E-state index contributed by atoms with van der Waals surface area (Å²) in [6, 6.07) is 6.93. The van der Waals surface area contributed by atoms with Crippen LogP contribution in [-0.4, -0.2) is 41.1 Å². The zero-order chi connectivity index (χ0) is 14.8. The van der Waals surface area contributed by atoms with E-state index in [2.05, 4.69) is 4.98 Å². The number of hydrogen-bond acceptors (Lipinski definition) is 4. The van der Waals surface area contributed by atoms with Crippen molar-refractivity contribution in [2.45, 2.75) is 18.9 Å². The number of aromatic amines is 1. The molecule has 1 aliphatic heterocycles. The van der Waals surface area contributed by atoms with E-state index in [0.717, 1.165) is 22.9 Å². The molecule has 1 aromatic heterocycles. The Balaban J connectivity index is 1.63. The molecule has 6 nitrogen and oxygen atoms in total. The average Bonchev–Trinajstić information content (AvgIpc) is 2.80. The first-order chi connectivity index (χ1) is 10.1. The molecule has 0 aliphatic carbocycles. The van der Waals surface area contributed by atoms with Crippen molar-refractivity contribution in [3.8, 4) is 0 Å². The smallest absolute Gasteiger partial charge is 0.375 e. The van der Waals surface area contributed by atoms with E-state index in [4.69, 9.17) is 10.5 Å². The maximum Gasteiger partial charge on any atom is 0.417 e. The summed E-state index contributed by atoms with van der Waals surface area (Å²) in [6.07, 6.45) is 2.51. The summed E-state index contributed by atoms with van der Waals surface area (Å²) >= 11 is 0. The van der Waals surface area contributed by atoms with E-state index in [1.807, 2.05) is 30.5 Å². The molecule has 1 saturated heterocycles. The number of amides is 1. The van der Waals surface area contributed by atoms with Crippen molar-refractivity contribution in [3.05, 3.63) is 36.0 Å². The Labute approximate surface area is 121 Å². The summed E-state index contributed by atoms with van der Waals surface area (Å²) in [4.78, 5) is 28.0. The lowest BCUT2D eigenvalue weighted by molar-refractivity contribution is -0.140. The van der Waals surface area contributed by atoms with Crippen LogP contribution >= 0.6 is 0 Å². The third-order valence-corrected chi connectivity index (χ3v) is 3.72. The van der Waals surface area contributed by atoms with E-state index in [9.17, 15) is 9.59 Å². The number of para-hydroxylation sites is 1. The van der Waals surface area contributed by atoms with Crippen molar-refractivity contribution in [3.63, 3.8) is 0 Å². The molecular formula is C15H17N3O3. The van der Waals surface area contributed by atoms with Gasteiger partial charge in [0.2, 0.25) is 0 Å². The number of rotatable bonds is 3. The molecule has 0 radical (unpaired) electrons. The molecule has 3 N–H and O–H groups in total. The van der Waals surface area contributed by atoms with Crippen molar-refractivity contribution in [1.82, 2.24) is 9.88 Å². The molecule has 0 saturated carbocycles. The summed E-state index contributed by atoms with van der Waals surface area (Å²) in [6.45, 7) is 1.29. The van der Waals surface area contributed by atoms with Gasteiger partial charge in [-0.1, -0.05) is 18.2 Å². The van der Waals surface area contributed by atoms with E-state index in [0.29, 0.717) is 19.5 Å². The van der Waals surface area contributed by atoms with E-state index in [1.165, 1.54) is 4.90 Å². The first-order valence-corrected chi connectivity index (χ1v) is 6.96. The van der Waals surface area contributed by atoms with E-state index < -0.39 is 18.1 Å². The zero-order valence-corrected chi connectivity index (χ0v) is 11.5. The minimum atomic E-state index is -0.852. The van der Waals surface area contributed by atoms with Gasteiger partial charge in [0, 0.05) is 36.6 Å². The number of fused-ring (bicyclic) bond motifs is 1. The van der Waals surface area contributed by atoms with Crippen LogP contribution in [0.1, 0.15) is 12.0 Å². The third kappa shape index (κ3) is 2.75. The van der Waals surface area contributed by atoms with Crippen molar-refractivity contribution in [1.29, 1.82) is 0 Å². The van der Waals surface area contributed by atoms with Crippen LogP contribution in [0.15, 0.2) is 30.5 Å². The van der Waals surface area contributed by atoms with Crippen LogP contribution in [0.3, 0.4) is 0 Å². The van der Waals surface area contributed by atoms with Crippen LogP contribution in [0.25, 0.3) is 10.9 Å². The third-order valence-electron chi connectivity index (χ3n) is 3.72. The van der Waals surface area contributed by atoms with Crippen molar-refractivity contribution >= 4 is 23.0 Å². The number of benzene rings is 1. The second-order valence-corrected chi connectivity index (χ2v) is 5.20. The average molecular weight is 287 g/mol. The van der Waals surface area contributed by atoms with Crippen LogP contribution in [0.5, 0.6) is 0 Å². The first-order valence-electron chi connectivity index (χ1n) is 6.96. The Bertz CT molecular complexity index is 676. The van der Waals surface area contributed by atoms with Gasteiger partial charge in [0.25, 0.3) is 0 Å². The molecule has 2 heterocycles. The second-order valence-electron chi connectivity index (χ2n) is 5.20. The Hall–Kier alpha value is -2.34. The molecule has 0 bridgehead atoms. The number of carbonyl (C=O) groups is 2. The molecule has 110 valence electrons. The fourth-order valence-electron chi connectivity index (χ4n) is 2.35. The summed E-state index contributed by atoms with van der Waals surface area (Å²) in [7, 11) is 0. The summed E-state index contributed by atoms with van der Waals surface area (Å²) in [5.41, 5.74) is 7.78. The zero-order valence-electron chi connectivity index (χ0n) is 11.5. The molecular weight excluding hydrogens is 270 g/mol. The lowest BCUT2D eigenvalue weighted by Gasteiger charge is -2.29. The minimum Gasteiger partial charge on any atom is -0.375 e. The molecule has 1 amide bonds. The Morgan fingerprint density at radius 2 is 2.10 bits per heavy atom. The lowest BCUT2D eigenvalue weighted by atomic mass is 10.1. The number of carbonyl (C=O) groups excluding carboxylic acids is 2. The number of hydrogen-bond donors (Lipinski definition) is 2. The second kappa shape index (κ2) is 5.57. The quantitative estimate of drug-likeness (QED) is 0.660. The van der Waals surface area contributed by atoms with Gasteiger partial charge in [0.1, 0.15) is 6.04 Å². The standard InChI is InChI=1S/C15H17N3O3/c16-12(14(19)21-15(20)18-6-3-7-18)8-10-9-17-13-5-2-1-4-11(10)13/h1-2,4-5,9,12,17H,3,6-8,16H2/t12-/m0/s1. The van der Waals surface area contributed by atoms with Gasteiger partial charge in [-0.3, -0.25) is 0 Å². The van der Waals surface area contributed by atoms with Gasteiger partial charge in [-0.2, -0.15) is 0 Å². The van der Waals surface area contributed by atoms with Gasteiger partial charge in [-0.15, -0.1) is 0 Å². The molecule has 0 spiro atoms. The van der Waals surface area contributed by atoms with Gasteiger partial charge in [-0.05, 0) is 18.1 Å². The molecule has 2 aromatic rings. The predicted octanol–water partition coefficient (Wildman–Crippen LogP) is 1.41. The maximum atomic E-state index is 11.9. The first kappa shape index (κ1) is 13.6. The number of ether oxygens (including phenoxy) is 1. The number of H-pyrrole nitrogens is 1. The number of nitrogens with one attached hydrogen (secondary N) is 1. The molecule has 3 rings (SSSR count). The van der Waals surface area contributed by atoms with Crippen LogP contribution in [-0.2, 0) is 16.0 Å². The molecule has 6 heteroatoms. The highest BCUT2D eigenvalue weighted by molar-refractivity contribution is 5.89. The van der Waals surface area contributed by atoms with Gasteiger partial charge >= 0.3 is 12.1 Å². The SMILES string of the molecule is N[C@@H](Cc1c[nH]c2ccccc12)C(=O)OC(=O)N1CCC1. The van der Waals surface area contributed by atoms with Crippen LogP contribution < -0.4 is 5.73 Å². The van der Waals surface area contributed by atoms with Gasteiger partial charge < -0.3 is 20.4 Å². The Morgan fingerprint density at radius 1 is 1.33 bits per heavy atom. The maximum absolute atomic E-state index is 11.9. The predicted molar refractivity (Wildman–Crippen MR) is 77.7 cm³/mol. The van der Waals surface area contributed by atoms with E-state index in [-0.39, 0.29) is 0 Å². The molecule has 1 atom stereocenters. The minimum absolute atomic E-state index is 0.329. The fourth-order valence-corrected chi connectivity index (χ4v) is 2.35. The fraction of sp³-hybridized carbons (Fsp3) is 0.333. The van der Waals surface area contributed by atoms with Gasteiger partial charge in [-0.25, -0.2) is 9.59 Å². The van der Waals surface area contributed by atoms with Crippen LogP contribution in [0.2, 0.25) is 0 Å². The van der Waals surface area contributed by atoms with Crippen LogP contribution in [0.4, 0.5) is 4.79 Å². The highest BCUT2D eigenvalue weighted by Gasteiger charge is 2.26. The highest BCUT2D eigenvalue weighted by Crippen LogP contribution is 2.19. The summed E-state index contributed by atoms with van der Waals surface area (Å²) in [5.74, 6) is -0.683. The summed E-state index contributed by atoms with van der Waals surface area (Å²) in [5, 5.41) is 1.02. The Kier molecular flexibility index (Phi) is 3.62. The van der Waals surface area contributed by atoms with Gasteiger partial charge in [0.15, 0.2) is 0 Å². The normalized spacial score (nSPS) is 15.6. The number of likely N-dealkylation sites (tertiary alicyclic amines) is 1. The van der Waals surface area contributed by atoms with E-state index >= 15 is 0 Å². The van der Waals surface area contributed by atoms with Crippen LogP contribution in [0, 0.1) is 0 Å². The number of esters is 1. The lowest BCUT2D eigenvalue weighted by Crippen LogP contribution is -2.45. The number of nitrogens with zero attached hydrogens (tertiary/aromatic N) is 1.